The zero-order valence-electron chi connectivity index (χ0n) is 10.6. The summed E-state index contributed by atoms with van der Waals surface area (Å²) in [4.78, 5) is 11.1. The summed E-state index contributed by atoms with van der Waals surface area (Å²) >= 11 is 0. The van der Waals surface area contributed by atoms with Gasteiger partial charge in [-0.15, -0.1) is 0 Å². The summed E-state index contributed by atoms with van der Waals surface area (Å²) in [6, 6.07) is 7.61. The van der Waals surface area contributed by atoms with Crippen LogP contribution in [0.2, 0.25) is 0 Å². The molecule has 0 bridgehead atoms. The Balaban J connectivity index is 2.17. The first-order chi connectivity index (χ1) is 8.63. The molecule has 1 aromatic carbocycles. The van der Waals surface area contributed by atoms with E-state index in [-0.39, 0.29) is 5.97 Å². The van der Waals surface area contributed by atoms with Crippen LogP contribution < -0.4 is 10.5 Å². The molecule has 0 aliphatic rings. The van der Waals surface area contributed by atoms with Crippen molar-refractivity contribution in [2.75, 3.05) is 13.2 Å². The topological polar surface area (TPSA) is 61.5 Å². The van der Waals surface area contributed by atoms with Crippen LogP contribution in [0.4, 0.5) is 0 Å². The van der Waals surface area contributed by atoms with Crippen LogP contribution in [0.3, 0.4) is 0 Å². The Hall–Kier alpha value is -1.81. The fourth-order valence-electron chi connectivity index (χ4n) is 1.26. The molecular formula is C14H19NO3. The Labute approximate surface area is 107 Å². The van der Waals surface area contributed by atoms with E-state index in [1.807, 2.05) is 24.3 Å². The second kappa shape index (κ2) is 7.50. The molecule has 0 amide bonds. The summed E-state index contributed by atoms with van der Waals surface area (Å²) in [5.74, 6) is 0.431. The van der Waals surface area contributed by atoms with Crippen LogP contribution in [-0.2, 0) is 16.1 Å². The minimum absolute atomic E-state index is 0.340. The van der Waals surface area contributed by atoms with Gasteiger partial charge in [0.05, 0.1) is 13.2 Å². The smallest absolute Gasteiger partial charge is 0.333 e. The molecule has 1 aromatic rings. The summed E-state index contributed by atoms with van der Waals surface area (Å²) in [6.07, 6.45) is 0.650. The van der Waals surface area contributed by atoms with Crippen molar-refractivity contribution in [1.29, 1.82) is 0 Å². The minimum atomic E-state index is -0.359. The van der Waals surface area contributed by atoms with Crippen LogP contribution in [0.5, 0.6) is 5.75 Å². The van der Waals surface area contributed by atoms with Gasteiger partial charge in [0.15, 0.2) is 0 Å². The van der Waals surface area contributed by atoms with Crippen LogP contribution in [0.25, 0.3) is 0 Å². The van der Waals surface area contributed by atoms with Crippen molar-refractivity contribution in [1.82, 2.24) is 0 Å². The second-order valence-corrected chi connectivity index (χ2v) is 3.97. The maximum absolute atomic E-state index is 11.1. The molecule has 0 atom stereocenters. The average molecular weight is 249 g/mol. The van der Waals surface area contributed by atoms with E-state index in [2.05, 4.69) is 6.58 Å². The highest BCUT2D eigenvalue weighted by molar-refractivity contribution is 5.86. The number of carbonyl (C=O) groups excluding carboxylic acids is 1. The quantitative estimate of drug-likeness (QED) is 0.456. The highest BCUT2D eigenvalue weighted by Gasteiger charge is 2.02. The van der Waals surface area contributed by atoms with Gasteiger partial charge in [-0.25, -0.2) is 4.79 Å². The standard InChI is InChI=1S/C14H19NO3/c1-11(2)14(16)18-9-3-8-17-13-6-4-12(10-15)5-7-13/h4-7H,1,3,8-10,15H2,2H3. The Kier molecular flexibility index (Phi) is 5.94. The number of rotatable bonds is 7. The van der Waals surface area contributed by atoms with E-state index < -0.39 is 0 Å². The van der Waals surface area contributed by atoms with E-state index in [0.717, 1.165) is 11.3 Å². The Morgan fingerprint density at radius 3 is 2.50 bits per heavy atom. The number of benzene rings is 1. The predicted octanol–water partition coefficient (Wildman–Crippen LogP) is 2.03. The van der Waals surface area contributed by atoms with Gasteiger partial charge < -0.3 is 15.2 Å². The van der Waals surface area contributed by atoms with Gasteiger partial charge in [-0.2, -0.15) is 0 Å². The summed E-state index contributed by atoms with van der Waals surface area (Å²) in [5, 5.41) is 0. The van der Waals surface area contributed by atoms with E-state index in [1.54, 1.807) is 6.92 Å². The van der Waals surface area contributed by atoms with E-state index >= 15 is 0 Å². The molecule has 0 unspecified atom stereocenters. The fraction of sp³-hybridized carbons (Fsp3) is 0.357. The van der Waals surface area contributed by atoms with Crippen LogP contribution in [-0.4, -0.2) is 19.2 Å². The van der Waals surface area contributed by atoms with E-state index in [1.165, 1.54) is 0 Å². The van der Waals surface area contributed by atoms with Crippen LogP contribution in [0, 0.1) is 0 Å². The van der Waals surface area contributed by atoms with Gasteiger partial charge in [0.2, 0.25) is 0 Å². The molecule has 0 aliphatic heterocycles. The fourth-order valence-corrected chi connectivity index (χ4v) is 1.26. The third-order valence-electron chi connectivity index (χ3n) is 2.30. The van der Waals surface area contributed by atoms with Gasteiger partial charge in [0, 0.05) is 18.5 Å². The summed E-state index contributed by atoms with van der Waals surface area (Å²) in [6.45, 7) is 6.49. The lowest BCUT2D eigenvalue weighted by Gasteiger charge is -2.07. The molecule has 0 saturated carbocycles. The van der Waals surface area contributed by atoms with Gasteiger partial charge in [-0.1, -0.05) is 18.7 Å². The molecule has 1 rings (SSSR count). The van der Waals surface area contributed by atoms with E-state index in [0.29, 0.717) is 31.8 Å². The van der Waals surface area contributed by atoms with Crippen molar-refractivity contribution in [3.05, 3.63) is 42.0 Å². The molecule has 0 spiro atoms. The van der Waals surface area contributed by atoms with Gasteiger partial charge in [-0.05, 0) is 24.6 Å². The first-order valence-electron chi connectivity index (χ1n) is 5.88. The largest absolute Gasteiger partial charge is 0.493 e. The van der Waals surface area contributed by atoms with E-state index in [4.69, 9.17) is 15.2 Å². The lowest BCUT2D eigenvalue weighted by molar-refractivity contribution is -0.139. The maximum Gasteiger partial charge on any atom is 0.333 e. The minimum Gasteiger partial charge on any atom is -0.493 e. The molecule has 0 radical (unpaired) electrons. The van der Waals surface area contributed by atoms with Gasteiger partial charge in [0.25, 0.3) is 0 Å². The number of hydrogen-bond acceptors (Lipinski definition) is 4. The number of carbonyl (C=O) groups is 1. The number of esters is 1. The third kappa shape index (κ3) is 5.01. The van der Waals surface area contributed by atoms with Crippen molar-refractivity contribution >= 4 is 5.97 Å². The lowest BCUT2D eigenvalue weighted by Crippen LogP contribution is -2.09. The maximum atomic E-state index is 11.1. The van der Waals surface area contributed by atoms with Crippen molar-refractivity contribution in [3.8, 4) is 5.75 Å². The molecule has 98 valence electrons. The van der Waals surface area contributed by atoms with Crippen molar-refractivity contribution in [2.24, 2.45) is 5.73 Å². The summed E-state index contributed by atoms with van der Waals surface area (Å²) < 4.78 is 10.4. The lowest BCUT2D eigenvalue weighted by atomic mass is 10.2. The molecule has 2 N–H and O–H groups in total. The number of ether oxygens (including phenoxy) is 2. The predicted molar refractivity (Wildman–Crippen MR) is 70.2 cm³/mol. The number of hydrogen-bond donors (Lipinski definition) is 1. The van der Waals surface area contributed by atoms with Crippen molar-refractivity contribution in [3.63, 3.8) is 0 Å². The molecule has 18 heavy (non-hydrogen) atoms. The van der Waals surface area contributed by atoms with E-state index in [9.17, 15) is 4.79 Å². The van der Waals surface area contributed by atoms with Crippen LogP contribution in [0.1, 0.15) is 18.9 Å². The molecular weight excluding hydrogens is 230 g/mol. The van der Waals surface area contributed by atoms with Crippen LogP contribution in [0.15, 0.2) is 36.4 Å². The molecule has 0 aromatic heterocycles. The number of nitrogens with two attached hydrogens (primary N) is 1. The third-order valence-corrected chi connectivity index (χ3v) is 2.30. The molecule has 4 heteroatoms. The molecule has 0 heterocycles. The zero-order valence-corrected chi connectivity index (χ0v) is 10.6. The SMILES string of the molecule is C=C(C)C(=O)OCCCOc1ccc(CN)cc1. The monoisotopic (exact) mass is 249 g/mol. The Morgan fingerprint density at radius 1 is 1.28 bits per heavy atom. The molecule has 0 saturated heterocycles. The molecule has 0 fully saturated rings. The van der Waals surface area contributed by atoms with Crippen molar-refractivity contribution in [2.45, 2.75) is 19.9 Å². The normalized spacial score (nSPS) is 9.89. The summed E-state index contributed by atoms with van der Waals surface area (Å²) in [7, 11) is 0. The van der Waals surface area contributed by atoms with Gasteiger partial charge >= 0.3 is 5.97 Å². The zero-order chi connectivity index (χ0) is 13.4. The second-order valence-electron chi connectivity index (χ2n) is 3.97. The van der Waals surface area contributed by atoms with Gasteiger partial charge in [0.1, 0.15) is 5.75 Å². The Morgan fingerprint density at radius 2 is 1.94 bits per heavy atom. The average Bonchev–Trinajstić information content (AvgIpc) is 2.38. The summed E-state index contributed by atoms with van der Waals surface area (Å²) in [5.41, 5.74) is 6.97. The van der Waals surface area contributed by atoms with Crippen LogP contribution >= 0.6 is 0 Å². The van der Waals surface area contributed by atoms with Crippen molar-refractivity contribution < 1.29 is 14.3 Å². The highest BCUT2D eigenvalue weighted by Crippen LogP contribution is 2.11. The first kappa shape index (κ1) is 14.3. The Bertz CT molecular complexity index is 398. The highest BCUT2D eigenvalue weighted by atomic mass is 16.5. The molecule has 0 aliphatic carbocycles. The van der Waals surface area contributed by atoms with Gasteiger partial charge in [-0.3, -0.25) is 0 Å². The first-order valence-corrected chi connectivity index (χ1v) is 5.88. The molecule has 4 nitrogen and oxygen atoms in total.